The van der Waals surface area contributed by atoms with Crippen LogP contribution in [0.3, 0.4) is 0 Å². The Kier molecular flexibility index (Phi) is 5.58. The summed E-state index contributed by atoms with van der Waals surface area (Å²) < 4.78 is 0. The van der Waals surface area contributed by atoms with Gasteiger partial charge in [-0.3, -0.25) is 0 Å². The van der Waals surface area contributed by atoms with Crippen molar-refractivity contribution in [1.82, 2.24) is 5.32 Å². The van der Waals surface area contributed by atoms with Gasteiger partial charge in [-0.05, 0) is 62.4 Å². The minimum absolute atomic E-state index is 0.440. The third-order valence-corrected chi connectivity index (χ3v) is 4.21. The summed E-state index contributed by atoms with van der Waals surface area (Å²) in [5, 5.41) is 3.65. The van der Waals surface area contributed by atoms with E-state index in [9.17, 15) is 0 Å². The number of nitrogens with one attached hydrogen (secondary N) is 1. The minimum Gasteiger partial charge on any atom is -0.310 e. The Balaban J connectivity index is 2.14. The van der Waals surface area contributed by atoms with Crippen LogP contribution in [0.15, 0.2) is 42.5 Å². The molecule has 0 heterocycles. The lowest BCUT2D eigenvalue weighted by Gasteiger charge is -2.21. The van der Waals surface area contributed by atoms with Crippen LogP contribution < -0.4 is 5.32 Å². The zero-order valence-corrected chi connectivity index (χ0v) is 13.7. The molecule has 2 rings (SSSR count). The van der Waals surface area contributed by atoms with Gasteiger partial charge in [0, 0.05) is 6.04 Å². The summed E-state index contributed by atoms with van der Waals surface area (Å²) in [6.45, 7) is 9.78. The first-order valence-corrected chi connectivity index (χ1v) is 7.97. The topological polar surface area (TPSA) is 12.0 Å². The minimum atomic E-state index is 0.440. The van der Waals surface area contributed by atoms with Crippen LogP contribution in [-0.2, 0) is 6.42 Å². The maximum atomic E-state index is 3.65. The van der Waals surface area contributed by atoms with Crippen molar-refractivity contribution in [1.29, 1.82) is 0 Å². The van der Waals surface area contributed by atoms with Gasteiger partial charge in [-0.2, -0.15) is 0 Å². The predicted molar refractivity (Wildman–Crippen MR) is 91.8 cm³/mol. The van der Waals surface area contributed by atoms with Gasteiger partial charge < -0.3 is 5.32 Å². The third kappa shape index (κ3) is 4.18. The Labute approximate surface area is 129 Å². The van der Waals surface area contributed by atoms with Crippen molar-refractivity contribution in [2.45, 2.75) is 46.6 Å². The van der Waals surface area contributed by atoms with Crippen LogP contribution in [0.1, 0.15) is 47.2 Å². The highest BCUT2D eigenvalue weighted by molar-refractivity contribution is 5.33. The summed E-state index contributed by atoms with van der Waals surface area (Å²) in [5.74, 6) is 0. The molecular formula is C20H27N. The van der Waals surface area contributed by atoms with Gasteiger partial charge >= 0.3 is 0 Å². The lowest BCUT2D eigenvalue weighted by molar-refractivity contribution is 0.513. The van der Waals surface area contributed by atoms with Crippen LogP contribution in [0, 0.1) is 20.8 Å². The first kappa shape index (κ1) is 15.8. The van der Waals surface area contributed by atoms with Crippen molar-refractivity contribution in [3.8, 4) is 0 Å². The molecule has 0 saturated heterocycles. The highest BCUT2D eigenvalue weighted by atomic mass is 14.9. The van der Waals surface area contributed by atoms with Gasteiger partial charge in [0.05, 0.1) is 0 Å². The smallest absolute Gasteiger partial charge is 0.0325 e. The molecular weight excluding hydrogens is 254 g/mol. The van der Waals surface area contributed by atoms with E-state index < -0.39 is 0 Å². The summed E-state index contributed by atoms with van der Waals surface area (Å²) in [6.07, 6.45) is 2.26. The number of rotatable bonds is 6. The predicted octanol–water partition coefficient (Wildman–Crippen LogP) is 4.90. The largest absolute Gasteiger partial charge is 0.310 e. The average molecular weight is 281 g/mol. The van der Waals surface area contributed by atoms with Crippen molar-refractivity contribution in [3.05, 3.63) is 70.3 Å². The standard InChI is InChI=1S/C20H27N/c1-5-21-20(19-12-10-15(2)14-17(19)4)13-11-18-9-7-6-8-16(18)3/h6-10,12,14,20-21H,5,11,13H2,1-4H3. The first-order chi connectivity index (χ1) is 10.1. The normalized spacial score (nSPS) is 12.4. The van der Waals surface area contributed by atoms with Gasteiger partial charge in [0.1, 0.15) is 0 Å². The molecule has 0 radical (unpaired) electrons. The summed E-state index contributed by atoms with van der Waals surface area (Å²) in [4.78, 5) is 0. The molecule has 1 heteroatoms. The van der Waals surface area contributed by atoms with Crippen LogP contribution in [-0.4, -0.2) is 6.54 Å². The van der Waals surface area contributed by atoms with Crippen LogP contribution >= 0.6 is 0 Å². The van der Waals surface area contributed by atoms with E-state index in [1.807, 2.05) is 0 Å². The first-order valence-electron chi connectivity index (χ1n) is 7.97. The molecule has 0 aliphatic heterocycles. The van der Waals surface area contributed by atoms with Gasteiger partial charge in [-0.15, -0.1) is 0 Å². The Morgan fingerprint density at radius 1 is 0.952 bits per heavy atom. The molecule has 0 aliphatic rings. The average Bonchev–Trinajstić information content (AvgIpc) is 2.45. The molecule has 21 heavy (non-hydrogen) atoms. The van der Waals surface area contributed by atoms with Crippen molar-refractivity contribution in [3.63, 3.8) is 0 Å². The van der Waals surface area contributed by atoms with Gasteiger partial charge in [0.2, 0.25) is 0 Å². The lowest BCUT2D eigenvalue weighted by atomic mass is 9.93. The van der Waals surface area contributed by atoms with Crippen molar-refractivity contribution in [2.75, 3.05) is 6.54 Å². The second-order valence-electron chi connectivity index (χ2n) is 5.94. The molecule has 112 valence electrons. The fraction of sp³-hybridized carbons (Fsp3) is 0.400. The molecule has 0 aromatic heterocycles. The maximum absolute atomic E-state index is 3.65. The fourth-order valence-electron chi connectivity index (χ4n) is 3.02. The van der Waals surface area contributed by atoms with E-state index in [-0.39, 0.29) is 0 Å². The third-order valence-electron chi connectivity index (χ3n) is 4.21. The van der Waals surface area contributed by atoms with Gasteiger partial charge in [0.25, 0.3) is 0 Å². The van der Waals surface area contributed by atoms with Crippen LogP contribution in [0.5, 0.6) is 0 Å². The molecule has 0 amide bonds. The monoisotopic (exact) mass is 281 g/mol. The second kappa shape index (κ2) is 7.42. The molecule has 0 spiro atoms. The Morgan fingerprint density at radius 2 is 1.71 bits per heavy atom. The number of aryl methyl sites for hydroxylation is 4. The van der Waals surface area contributed by atoms with Crippen LogP contribution in [0.2, 0.25) is 0 Å². The van der Waals surface area contributed by atoms with E-state index in [4.69, 9.17) is 0 Å². The molecule has 1 N–H and O–H groups in total. The molecule has 1 unspecified atom stereocenters. The van der Waals surface area contributed by atoms with Crippen molar-refractivity contribution < 1.29 is 0 Å². The zero-order valence-electron chi connectivity index (χ0n) is 13.7. The molecule has 0 aliphatic carbocycles. The van der Waals surface area contributed by atoms with E-state index in [1.165, 1.54) is 27.8 Å². The SMILES string of the molecule is CCNC(CCc1ccccc1C)c1ccc(C)cc1C. The van der Waals surface area contributed by atoms with Crippen LogP contribution in [0.4, 0.5) is 0 Å². The second-order valence-corrected chi connectivity index (χ2v) is 5.94. The Hall–Kier alpha value is -1.60. The van der Waals surface area contributed by atoms with Gasteiger partial charge in [-0.25, -0.2) is 0 Å². The lowest BCUT2D eigenvalue weighted by Crippen LogP contribution is -2.22. The van der Waals surface area contributed by atoms with E-state index >= 15 is 0 Å². The zero-order chi connectivity index (χ0) is 15.2. The van der Waals surface area contributed by atoms with E-state index in [0.29, 0.717) is 6.04 Å². The van der Waals surface area contributed by atoms with Crippen molar-refractivity contribution in [2.24, 2.45) is 0 Å². The van der Waals surface area contributed by atoms with Crippen molar-refractivity contribution >= 4 is 0 Å². The van der Waals surface area contributed by atoms with Gasteiger partial charge in [0.15, 0.2) is 0 Å². The van der Waals surface area contributed by atoms with E-state index in [1.54, 1.807) is 0 Å². The quantitative estimate of drug-likeness (QED) is 0.794. The molecule has 0 fully saturated rings. The maximum Gasteiger partial charge on any atom is 0.0325 e. The summed E-state index contributed by atoms with van der Waals surface area (Å²) in [6, 6.07) is 15.9. The number of benzene rings is 2. The molecule has 2 aromatic carbocycles. The Morgan fingerprint density at radius 3 is 2.38 bits per heavy atom. The number of hydrogen-bond acceptors (Lipinski definition) is 1. The molecule has 0 saturated carbocycles. The highest BCUT2D eigenvalue weighted by Gasteiger charge is 2.13. The Bertz CT molecular complexity index is 586. The summed E-state index contributed by atoms with van der Waals surface area (Å²) in [5.41, 5.74) is 7.03. The van der Waals surface area contributed by atoms with E-state index in [0.717, 1.165) is 19.4 Å². The summed E-state index contributed by atoms with van der Waals surface area (Å²) in [7, 11) is 0. The van der Waals surface area contributed by atoms with Crippen LogP contribution in [0.25, 0.3) is 0 Å². The molecule has 2 aromatic rings. The van der Waals surface area contributed by atoms with Gasteiger partial charge in [-0.1, -0.05) is 55.0 Å². The fourth-order valence-corrected chi connectivity index (χ4v) is 3.02. The number of hydrogen-bond donors (Lipinski definition) is 1. The molecule has 0 bridgehead atoms. The van der Waals surface area contributed by atoms with E-state index in [2.05, 4.69) is 75.5 Å². The summed E-state index contributed by atoms with van der Waals surface area (Å²) >= 11 is 0. The highest BCUT2D eigenvalue weighted by Crippen LogP contribution is 2.24. The molecule has 1 atom stereocenters. The molecule has 1 nitrogen and oxygen atoms in total.